The second-order valence-electron chi connectivity index (χ2n) is 5.24. The number of rotatable bonds is 7. The van der Waals surface area contributed by atoms with Crippen molar-refractivity contribution in [2.45, 2.75) is 13.1 Å². The van der Waals surface area contributed by atoms with Gasteiger partial charge in [-0.3, -0.25) is 10.1 Å². The molecule has 2 aromatic rings. The first-order valence-electron chi connectivity index (χ1n) is 7.69. The average molecular weight is 359 g/mol. The number of halogens is 1. The van der Waals surface area contributed by atoms with Crippen molar-refractivity contribution in [3.05, 3.63) is 87.4 Å². The molecule has 0 aliphatic carbocycles. The molecule has 0 saturated heterocycles. The molecule has 0 saturated carbocycles. The van der Waals surface area contributed by atoms with Crippen LogP contribution in [0.3, 0.4) is 0 Å². The topological polar surface area (TPSA) is 79.6 Å². The van der Waals surface area contributed by atoms with Crippen LogP contribution < -0.4 is 10.6 Å². The Labute approximate surface area is 151 Å². The summed E-state index contributed by atoms with van der Waals surface area (Å²) in [5.41, 5.74) is 1.99. The van der Waals surface area contributed by atoms with E-state index in [0.717, 1.165) is 11.1 Å². The molecule has 0 atom stereocenters. The second-order valence-corrected chi connectivity index (χ2v) is 5.68. The summed E-state index contributed by atoms with van der Waals surface area (Å²) >= 11 is 5.98. The van der Waals surface area contributed by atoms with Gasteiger partial charge in [-0.2, -0.15) is 0 Å². The van der Waals surface area contributed by atoms with E-state index in [0.29, 0.717) is 30.6 Å². The number of aliphatic imine (C=N–C) groups is 1. The summed E-state index contributed by atoms with van der Waals surface area (Å²) in [5.74, 6) is 0.623. The van der Waals surface area contributed by atoms with Crippen molar-refractivity contribution >= 4 is 23.2 Å². The molecular formula is C18H19ClN4O2. The van der Waals surface area contributed by atoms with Crippen LogP contribution in [0, 0.1) is 10.1 Å². The van der Waals surface area contributed by atoms with E-state index in [1.807, 2.05) is 24.3 Å². The molecule has 6 nitrogen and oxygen atoms in total. The van der Waals surface area contributed by atoms with Gasteiger partial charge in [-0.1, -0.05) is 41.9 Å². The molecule has 0 amide bonds. The lowest BCUT2D eigenvalue weighted by Crippen LogP contribution is -2.37. The molecule has 2 aromatic carbocycles. The number of nitrogens with zero attached hydrogens (tertiary/aromatic N) is 2. The lowest BCUT2D eigenvalue weighted by molar-refractivity contribution is -0.384. The van der Waals surface area contributed by atoms with Crippen molar-refractivity contribution < 1.29 is 4.92 Å². The Kier molecular flexibility index (Phi) is 6.98. The van der Waals surface area contributed by atoms with Gasteiger partial charge in [0, 0.05) is 30.2 Å². The molecule has 0 aromatic heterocycles. The van der Waals surface area contributed by atoms with Gasteiger partial charge in [0.1, 0.15) is 0 Å². The Morgan fingerprint density at radius 1 is 1.20 bits per heavy atom. The summed E-state index contributed by atoms with van der Waals surface area (Å²) in [6.45, 7) is 5.23. The summed E-state index contributed by atoms with van der Waals surface area (Å²) in [5, 5.41) is 17.7. The predicted molar refractivity (Wildman–Crippen MR) is 101 cm³/mol. The molecule has 25 heavy (non-hydrogen) atoms. The van der Waals surface area contributed by atoms with Crippen LogP contribution in [0.5, 0.6) is 0 Å². The molecule has 0 aliphatic heterocycles. The molecule has 0 radical (unpaired) electrons. The van der Waals surface area contributed by atoms with Crippen molar-refractivity contribution in [1.29, 1.82) is 0 Å². The molecule has 130 valence electrons. The highest BCUT2D eigenvalue weighted by atomic mass is 35.5. The molecule has 0 bridgehead atoms. The van der Waals surface area contributed by atoms with Crippen molar-refractivity contribution in [1.82, 2.24) is 10.6 Å². The number of hydrogen-bond donors (Lipinski definition) is 2. The Morgan fingerprint density at radius 2 is 1.96 bits per heavy atom. The van der Waals surface area contributed by atoms with Crippen LogP contribution in [0.1, 0.15) is 11.1 Å². The maximum atomic E-state index is 10.7. The number of guanidine groups is 1. The molecule has 7 heteroatoms. The van der Waals surface area contributed by atoms with E-state index in [-0.39, 0.29) is 5.69 Å². The highest BCUT2D eigenvalue weighted by molar-refractivity contribution is 6.30. The van der Waals surface area contributed by atoms with E-state index in [1.54, 1.807) is 18.2 Å². The van der Waals surface area contributed by atoms with Gasteiger partial charge in [-0.05, 0) is 23.3 Å². The van der Waals surface area contributed by atoms with Gasteiger partial charge in [-0.15, -0.1) is 6.58 Å². The third-order valence-corrected chi connectivity index (χ3v) is 3.56. The fourth-order valence-corrected chi connectivity index (χ4v) is 2.28. The molecule has 0 unspecified atom stereocenters. The minimum Gasteiger partial charge on any atom is -0.353 e. The standard InChI is InChI=1S/C18H19ClN4O2/c1-2-10-20-18(22-13-15-4-3-5-16(19)11-15)21-12-14-6-8-17(9-7-14)23(24)25/h2-9,11H,1,10,12-13H2,(H2,20,21,22). The lowest BCUT2D eigenvalue weighted by atomic mass is 10.2. The number of hydrogen-bond acceptors (Lipinski definition) is 3. The molecule has 0 fully saturated rings. The molecule has 2 N–H and O–H groups in total. The number of nitrogens with one attached hydrogen (secondary N) is 2. The van der Waals surface area contributed by atoms with Gasteiger partial charge >= 0.3 is 0 Å². The smallest absolute Gasteiger partial charge is 0.269 e. The first-order valence-corrected chi connectivity index (χ1v) is 8.07. The van der Waals surface area contributed by atoms with E-state index >= 15 is 0 Å². The summed E-state index contributed by atoms with van der Waals surface area (Å²) in [7, 11) is 0. The summed E-state index contributed by atoms with van der Waals surface area (Å²) in [6, 6.07) is 13.9. The molecule has 2 rings (SSSR count). The number of non-ortho nitro benzene ring substituents is 1. The predicted octanol–water partition coefficient (Wildman–Crippen LogP) is 3.67. The van der Waals surface area contributed by atoms with E-state index in [1.165, 1.54) is 12.1 Å². The third-order valence-electron chi connectivity index (χ3n) is 3.33. The first-order chi connectivity index (χ1) is 12.1. The minimum absolute atomic E-state index is 0.0726. The monoisotopic (exact) mass is 358 g/mol. The van der Waals surface area contributed by atoms with Crippen LogP contribution in [0.15, 0.2) is 66.2 Å². The van der Waals surface area contributed by atoms with E-state index in [9.17, 15) is 10.1 Å². The van der Waals surface area contributed by atoms with Crippen molar-refractivity contribution in [3.8, 4) is 0 Å². The number of nitro groups is 1. The van der Waals surface area contributed by atoms with Gasteiger partial charge < -0.3 is 10.6 Å². The van der Waals surface area contributed by atoms with Crippen molar-refractivity contribution in [2.24, 2.45) is 4.99 Å². The largest absolute Gasteiger partial charge is 0.353 e. The van der Waals surface area contributed by atoms with Crippen LogP contribution in [0.4, 0.5) is 5.69 Å². The number of benzene rings is 2. The fraction of sp³-hybridized carbons (Fsp3) is 0.167. The maximum Gasteiger partial charge on any atom is 0.269 e. The Balaban J connectivity index is 2.00. The summed E-state index contributed by atoms with van der Waals surface area (Å²) < 4.78 is 0. The zero-order chi connectivity index (χ0) is 18.1. The lowest BCUT2D eigenvalue weighted by Gasteiger charge is -2.11. The Hall–Kier alpha value is -2.86. The fourth-order valence-electron chi connectivity index (χ4n) is 2.07. The normalized spacial score (nSPS) is 11.0. The SMILES string of the molecule is C=CCNC(=NCc1cccc(Cl)c1)NCc1ccc([N+](=O)[O-])cc1. The first kappa shape index (κ1) is 18.5. The van der Waals surface area contributed by atoms with Crippen LogP contribution in [-0.2, 0) is 13.1 Å². The molecular weight excluding hydrogens is 340 g/mol. The van der Waals surface area contributed by atoms with Gasteiger partial charge in [0.25, 0.3) is 5.69 Å². The van der Waals surface area contributed by atoms with Crippen molar-refractivity contribution in [2.75, 3.05) is 6.54 Å². The quantitative estimate of drug-likeness (QED) is 0.260. The highest BCUT2D eigenvalue weighted by Gasteiger charge is 2.04. The third kappa shape index (κ3) is 6.27. The zero-order valence-electron chi connectivity index (χ0n) is 13.6. The van der Waals surface area contributed by atoms with E-state index < -0.39 is 4.92 Å². The minimum atomic E-state index is -0.416. The average Bonchev–Trinajstić information content (AvgIpc) is 2.61. The molecule has 0 heterocycles. The maximum absolute atomic E-state index is 10.7. The van der Waals surface area contributed by atoms with Crippen LogP contribution >= 0.6 is 11.6 Å². The van der Waals surface area contributed by atoms with Gasteiger partial charge in [0.15, 0.2) is 5.96 Å². The van der Waals surface area contributed by atoms with Gasteiger partial charge in [0.2, 0.25) is 0 Å². The van der Waals surface area contributed by atoms with Crippen LogP contribution in [-0.4, -0.2) is 17.4 Å². The summed E-state index contributed by atoms with van der Waals surface area (Å²) in [4.78, 5) is 14.8. The molecule has 0 aliphatic rings. The van der Waals surface area contributed by atoms with Gasteiger partial charge in [-0.25, -0.2) is 4.99 Å². The van der Waals surface area contributed by atoms with Gasteiger partial charge in [0.05, 0.1) is 11.5 Å². The molecule has 0 spiro atoms. The summed E-state index contributed by atoms with van der Waals surface area (Å²) in [6.07, 6.45) is 1.74. The van der Waals surface area contributed by atoms with Crippen molar-refractivity contribution in [3.63, 3.8) is 0 Å². The van der Waals surface area contributed by atoms with E-state index in [2.05, 4.69) is 22.2 Å². The van der Waals surface area contributed by atoms with Crippen LogP contribution in [0.2, 0.25) is 5.02 Å². The highest BCUT2D eigenvalue weighted by Crippen LogP contribution is 2.12. The Morgan fingerprint density at radius 3 is 2.60 bits per heavy atom. The second kappa shape index (κ2) is 9.44. The number of nitro benzene ring substituents is 1. The Bertz CT molecular complexity index is 760. The van der Waals surface area contributed by atoms with E-state index in [4.69, 9.17) is 11.6 Å². The van der Waals surface area contributed by atoms with Crippen LogP contribution in [0.25, 0.3) is 0 Å². The zero-order valence-corrected chi connectivity index (χ0v) is 14.4.